The van der Waals surface area contributed by atoms with E-state index in [4.69, 9.17) is 11.6 Å². The van der Waals surface area contributed by atoms with Gasteiger partial charge in [-0.05, 0) is 12.1 Å². The molecule has 1 aromatic heterocycles. The number of aromatic amines is 1. The van der Waals surface area contributed by atoms with Crippen molar-refractivity contribution in [3.63, 3.8) is 0 Å². The number of para-hydroxylation sites is 1. The summed E-state index contributed by atoms with van der Waals surface area (Å²) < 4.78 is 0. The molecule has 2 aromatic rings. The van der Waals surface area contributed by atoms with Gasteiger partial charge in [0.15, 0.2) is 0 Å². The lowest BCUT2D eigenvalue weighted by Crippen LogP contribution is -2.51. The summed E-state index contributed by atoms with van der Waals surface area (Å²) in [5.41, 5.74) is 0.573. The number of hydrogen-bond donors (Lipinski definition) is 1. The third-order valence-electron chi connectivity index (χ3n) is 5.80. The van der Waals surface area contributed by atoms with Crippen LogP contribution in [-0.4, -0.2) is 83.9 Å². The lowest BCUT2D eigenvalue weighted by molar-refractivity contribution is -0.130. The molecule has 0 unspecified atom stereocenters. The molecule has 0 radical (unpaired) electrons. The Morgan fingerprint density at radius 3 is 2.16 bits per heavy atom. The fourth-order valence-electron chi connectivity index (χ4n) is 3.96. The monoisotopic (exact) mass is 444 g/mol. The minimum absolute atomic E-state index is 0.00871. The van der Waals surface area contributed by atoms with E-state index in [-0.39, 0.29) is 17.4 Å². The minimum Gasteiger partial charge on any atom is -0.367 e. The van der Waals surface area contributed by atoms with Crippen molar-refractivity contribution in [1.29, 1.82) is 0 Å². The van der Waals surface area contributed by atoms with Crippen molar-refractivity contribution in [2.75, 3.05) is 62.2 Å². The van der Waals surface area contributed by atoms with Crippen LogP contribution in [0, 0.1) is 0 Å². The predicted molar refractivity (Wildman–Crippen MR) is 119 cm³/mol. The number of aromatic nitrogens is 2. The van der Waals surface area contributed by atoms with Crippen LogP contribution in [0.2, 0.25) is 5.02 Å². The number of rotatable bonds is 3. The fourth-order valence-corrected chi connectivity index (χ4v) is 4.22. The lowest BCUT2D eigenvalue weighted by atomic mass is 10.2. The maximum Gasteiger partial charge on any atom is 0.265 e. The second kappa shape index (κ2) is 8.97. The van der Waals surface area contributed by atoms with E-state index in [2.05, 4.69) is 14.9 Å². The predicted octanol–water partition coefficient (Wildman–Crippen LogP) is 1.05. The zero-order valence-electron chi connectivity index (χ0n) is 17.4. The Morgan fingerprint density at radius 2 is 1.55 bits per heavy atom. The summed E-state index contributed by atoms with van der Waals surface area (Å²) in [6.07, 6.45) is 1.36. The van der Waals surface area contributed by atoms with Crippen LogP contribution in [0.15, 0.2) is 35.3 Å². The van der Waals surface area contributed by atoms with Crippen molar-refractivity contribution in [1.82, 2.24) is 19.8 Å². The molecule has 10 heteroatoms. The summed E-state index contributed by atoms with van der Waals surface area (Å²) in [5, 5.41) is 0.717. The van der Waals surface area contributed by atoms with Gasteiger partial charge in [0, 0.05) is 65.5 Å². The van der Waals surface area contributed by atoms with Crippen LogP contribution in [0.3, 0.4) is 0 Å². The molecule has 0 bridgehead atoms. The fraction of sp³-hybridized carbons (Fsp3) is 0.429. The molecule has 9 nitrogen and oxygen atoms in total. The summed E-state index contributed by atoms with van der Waals surface area (Å²) in [6, 6.07) is 7.73. The number of piperazine rings is 2. The first-order chi connectivity index (χ1) is 14.9. The molecule has 2 amide bonds. The minimum atomic E-state index is -0.447. The van der Waals surface area contributed by atoms with Gasteiger partial charge in [-0.3, -0.25) is 19.4 Å². The standard InChI is InChI=1S/C21H25ClN6O3/c1-15(29)25-6-10-27(11-7-25)20(31)16-14-23-21(24-19(16)30)28-12-8-26(9-13-28)18-5-3-2-4-17(18)22/h2-5,14H,6-13H2,1H3,(H,23,24,30). The van der Waals surface area contributed by atoms with Crippen molar-refractivity contribution in [3.05, 3.63) is 51.4 Å². The van der Waals surface area contributed by atoms with E-state index in [9.17, 15) is 14.4 Å². The lowest BCUT2D eigenvalue weighted by Gasteiger charge is -2.36. The Bertz CT molecular complexity index is 1030. The largest absolute Gasteiger partial charge is 0.367 e. The second-order valence-electron chi connectivity index (χ2n) is 7.67. The first-order valence-electron chi connectivity index (χ1n) is 10.3. The Balaban J connectivity index is 1.39. The van der Waals surface area contributed by atoms with Gasteiger partial charge in [-0.1, -0.05) is 23.7 Å². The Morgan fingerprint density at radius 1 is 0.935 bits per heavy atom. The van der Waals surface area contributed by atoms with E-state index in [1.165, 1.54) is 13.1 Å². The van der Waals surface area contributed by atoms with Crippen molar-refractivity contribution in [2.45, 2.75) is 6.92 Å². The first kappa shape index (κ1) is 21.2. The van der Waals surface area contributed by atoms with E-state index in [1.807, 2.05) is 29.2 Å². The molecule has 2 fully saturated rings. The molecule has 0 saturated carbocycles. The molecule has 2 saturated heterocycles. The highest BCUT2D eigenvalue weighted by Crippen LogP contribution is 2.26. The average Bonchev–Trinajstić information content (AvgIpc) is 2.79. The van der Waals surface area contributed by atoms with E-state index >= 15 is 0 Å². The van der Waals surface area contributed by atoms with Crippen LogP contribution in [0.25, 0.3) is 0 Å². The van der Waals surface area contributed by atoms with Gasteiger partial charge in [0.2, 0.25) is 11.9 Å². The number of nitrogens with one attached hydrogen (secondary N) is 1. The van der Waals surface area contributed by atoms with Crippen LogP contribution in [-0.2, 0) is 4.79 Å². The van der Waals surface area contributed by atoms with E-state index in [1.54, 1.807) is 9.80 Å². The number of H-pyrrole nitrogens is 1. The zero-order chi connectivity index (χ0) is 22.0. The maximum absolute atomic E-state index is 12.7. The van der Waals surface area contributed by atoms with Crippen molar-refractivity contribution in [3.8, 4) is 0 Å². The van der Waals surface area contributed by atoms with E-state index < -0.39 is 5.56 Å². The van der Waals surface area contributed by atoms with Crippen LogP contribution < -0.4 is 15.4 Å². The molecule has 2 aliphatic rings. The van der Waals surface area contributed by atoms with Crippen LogP contribution in [0.1, 0.15) is 17.3 Å². The molecule has 31 heavy (non-hydrogen) atoms. The summed E-state index contributed by atoms with van der Waals surface area (Å²) in [7, 11) is 0. The average molecular weight is 445 g/mol. The topological polar surface area (TPSA) is 92.8 Å². The number of anilines is 2. The molecule has 3 heterocycles. The molecule has 2 aliphatic heterocycles. The van der Waals surface area contributed by atoms with Crippen molar-refractivity contribution < 1.29 is 9.59 Å². The number of nitrogens with zero attached hydrogens (tertiary/aromatic N) is 5. The van der Waals surface area contributed by atoms with Crippen LogP contribution in [0.4, 0.5) is 11.6 Å². The van der Waals surface area contributed by atoms with Gasteiger partial charge >= 0.3 is 0 Å². The van der Waals surface area contributed by atoms with Gasteiger partial charge in [0.05, 0.1) is 10.7 Å². The normalized spacial score (nSPS) is 17.1. The highest BCUT2D eigenvalue weighted by atomic mass is 35.5. The number of halogens is 1. The van der Waals surface area contributed by atoms with Gasteiger partial charge in [0.25, 0.3) is 11.5 Å². The third kappa shape index (κ3) is 4.51. The van der Waals surface area contributed by atoms with Crippen molar-refractivity contribution >= 4 is 35.1 Å². The van der Waals surface area contributed by atoms with Gasteiger partial charge in [-0.25, -0.2) is 4.98 Å². The summed E-state index contributed by atoms with van der Waals surface area (Å²) >= 11 is 6.30. The third-order valence-corrected chi connectivity index (χ3v) is 6.12. The first-order valence-corrected chi connectivity index (χ1v) is 10.7. The van der Waals surface area contributed by atoms with Gasteiger partial charge in [-0.2, -0.15) is 0 Å². The maximum atomic E-state index is 12.7. The van der Waals surface area contributed by atoms with E-state index in [0.717, 1.165) is 23.8 Å². The summed E-state index contributed by atoms with van der Waals surface area (Å²) in [5.74, 6) is 0.0967. The number of carbonyl (C=O) groups is 2. The van der Waals surface area contributed by atoms with Crippen molar-refractivity contribution in [2.24, 2.45) is 0 Å². The van der Waals surface area contributed by atoms with Gasteiger partial charge in [0.1, 0.15) is 5.56 Å². The SMILES string of the molecule is CC(=O)N1CCN(C(=O)c2cnc(N3CCN(c4ccccc4Cl)CC3)[nH]c2=O)CC1. The van der Waals surface area contributed by atoms with Gasteiger partial charge in [-0.15, -0.1) is 0 Å². The molecular formula is C21H25ClN6O3. The molecular weight excluding hydrogens is 420 g/mol. The number of amides is 2. The molecule has 0 atom stereocenters. The molecule has 164 valence electrons. The highest BCUT2D eigenvalue weighted by Gasteiger charge is 2.26. The van der Waals surface area contributed by atoms with E-state index in [0.29, 0.717) is 45.2 Å². The number of carbonyl (C=O) groups excluding carboxylic acids is 2. The highest BCUT2D eigenvalue weighted by molar-refractivity contribution is 6.33. The molecule has 1 N–H and O–H groups in total. The van der Waals surface area contributed by atoms with Crippen LogP contribution >= 0.6 is 11.6 Å². The molecule has 0 spiro atoms. The molecule has 4 rings (SSSR count). The second-order valence-corrected chi connectivity index (χ2v) is 8.08. The molecule has 1 aromatic carbocycles. The van der Waals surface area contributed by atoms with Gasteiger partial charge < -0.3 is 19.6 Å². The summed E-state index contributed by atoms with van der Waals surface area (Å²) in [6.45, 7) is 6.11. The molecule has 0 aliphatic carbocycles. The number of benzene rings is 1. The number of hydrogen-bond acceptors (Lipinski definition) is 6. The quantitative estimate of drug-likeness (QED) is 0.760. The smallest absolute Gasteiger partial charge is 0.265 e. The van der Waals surface area contributed by atoms with Crippen LogP contribution in [0.5, 0.6) is 0 Å². The Kier molecular flexibility index (Phi) is 6.13. The Hall–Kier alpha value is -3.07. The Labute approximate surface area is 185 Å². The summed E-state index contributed by atoms with van der Waals surface area (Å²) in [4.78, 5) is 51.4. The zero-order valence-corrected chi connectivity index (χ0v) is 18.1.